The number of phenols is 1. The Bertz CT molecular complexity index is 841. The van der Waals surface area contributed by atoms with Crippen molar-refractivity contribution in [1.29, 1.82) is 0 Å². The van der Waals surface area contributed by atoms with Gasteiger partial charge in [0.25, 0.3) is 0 Å². The van der Waals surface area contributed by atoms with Gasteiger partial charge in [0.1, 0.15) is 5.75 Å². The number of phenolic OH excluding ortho intramolecular Hbond substituents is 1. The van der Waals surface area contributed by atoms with Crippen LogP contribution in [0.15, 0.2) is 47.5 Å². The van der Waals surface area contributed by atoms with Gasteiger partial charge >= 0.3 is 0 Å². The molecule has 0 atom stereocenters. The highest BCUT2D eigenvalue weighted by atomic mass is 16.3. The lowest BCUT2D eigenvalue weighted by Gasteiger charge is -2.34. The normalized spacial score (nSPS) is 17.7. The van der Waals surface area contributed by atoms with E-state index in [-0.39, 0.29) is 0 Å². The number of aliphatic imine (C=N–C) groups is 1. The molecule has 1 heterocycles. The first-order valence-electron chi connectivity index (χ1n) is 10.8. The summed E-state index contributed by atoms with van der Waals surface area (Å²) in [6.07, 6.45) is 6.80. The van der Waals surface area contributed by atoms with Crippen molar-refractivity contribution in [2.45, 2.75) is 51.1 Å². The van der Waals surface area contributed by atoms with E-state index in [1.54, 1.807) is 0 Å². The minimum absolute atomic E-state index is 0.393. The van der Waals surface area contributed by atoms with Crippen LogP contribution >= 0.6 is 0 Å². The molecule has 5 heteroatoms. The molecule has 1 aliphatic carbocycles. The van der Waals surface area contributed by atoms with Crippen LogP contribution in [0.25, 0.3) is 0 Å². The number of anilines is 1. The molecule has 29 heavy (non-hydrogen) atoms. The number of nitrogens with zero attached hydrogens (tertiary/aromatic N) is 2. The van der Waals surface area contributed by atoms with Crippen LogP contribution < -0.4 is 15.5 Å². The molecule has 2 aliphatic rings. The van der Waals surface area contributed by atoms with E-state index in [4.69, 9.17) is 0 Å². The average molecular weight is 393 g/mol. The molecule has 1 saturated heterocycles. The molecule has 4 rings (SSSR count). The Morgan fingerprint density at radius 1 is 1.07 bits per heavy atom. The third kappa shape index (κ3) is 4.66. The number of rotatable bonds is 4. The maximum Gasteiger partial charge on any atom is 0.191 e. The second-order valence-corrected chi connectivity index (χ2v) is 8.08. The summed E-state index contributed by atoms with van der Waals surface area (Å²) in [6.45, 7) is 2.70. The molecule has 0 unspecified atom stereocenters. The van der Waals surface area contributed by atoms with Crippen molar-refractivity contribution >= 4 is 11.6 Å². The van der Waals surface area contributed by atoms with E-state index in [1.807, 2.05) is 13.1 Å². The van der Waals surface area contributed by atoms with Gasteiger partial charge in [0.05, 0.1) is 0 Å². The number of hydrogen-bond acceptors (Lipinski definition) is 3. The quantitative estimate of drug-likeness (QED) is 0.550. The van der Waals surface area contributed by atoms with Gasteiger partial charge in [-0.05, 0) is 67.9 Å². The lowest BCUT2D eigenvalue weighted by molar-refractivity contribution is 0.457. The van der Waals surface area contributed by atoms with E-state index >= 15 is 0 Å². The zero-order valence-corrected chi connectivity index (χ0v) is 17.3. The van der Waals surface area contributed by atoms with Crippen LogP contribution in [-0.2, 0) is 19.4 Å². The van der Waals surface area contributed by atoms with Crippen LogP contribution in [0.5, 0.6) is 5.75 Å². The maximum atomic E-state index is 10.4. The summed E-state index contributed by atoms with van der Waals surface area (Å²) in [5.74, 6) is 1.21. The number of aromatic hydroxyl groups is 1. The standard InChI is InChI=1S/C24H32N4O/c1-25-24(26-17-22-21-10-6-5-7-18(21)11-12-23(22)29)27-19-13-15-28(16-14-19)20-8-3-2-4-9-20/h2-4,8-9,11-12,19,29H,5-7,10,13-17H2,1H3,(H2,25,26,27). The molecule has 0 spiro atoms. The predicted molar refractivity (Wildman–Crippen MR) is 120 cm³/mol. The molecule has 5 nitrogen and oxygen atoms in total. The van der Waals surface area contributed by atoms with Gasteiger partial charge < -0.3 is 20.6 Å². The molecule has 1 aliphatic heterocycles. The Labute approximate surface area is 173 Å². The molecule has 2 aromatic carbocycles. The van der Waals surface area contributed by atoms with Crippen molar-refractivity contribution in [2.75, 3.05) is 25.0 Å². The van der Waals surface area contributed by atoms with Crippen molar-refractivity contribution in [3.63, 3.8) is 0 Å². The van der Waals surface area contributed by atoms with Gasteiger partial charge in [-0.2, -0.15) is 0 Å². The Kier molecular flexibility index (Phi) is 6.23. The third-order valence-corrected chi connectivity index (χ3v) is 6.24. The zero-order valence-electron chi connectivity index (χ0n) is 17.3. The second-order valence-electron chi connectivity index (χ2n) is 8.08. The number of fused-ring (bicyclic) bond motifs is 1. The SMILES string of the molecule is CN=C(NCc1c(O)ccc2c1CCCC2)NC1CCN(c2ccccc2)CC1. The smallest absolute Gasteiger partial charge is 0.191 e. The van der Waals surface area contributed by atoms with Gasteiger partial charge in [-0.15, -0.1) is 0 Å². The zero-order chi connectivity index (χ0) is 20.1. The topological polar surface area (TPSA) is 59.9 Å². The summed E-state index contributed by atoms with van der Waals surface area (Å²) in [7, 11) is 1.81. The summed E-state index contributed by atoms with van der Waals surface area (Å²) < 4.78 is 0. The number of piperidine rings is 1. The Balaban J connectivity index is 1.32. The summed E-state index contributed by atoms with van der Waals surface area (Å²) in [6, 6.07) is 15.0. The van der Waals surface area contributed by atoms with Crippen molar-refractivity contribution in [1.82, 2.24) is 10.6 Å². The van der Waals surface area contributed by atoms with Gasteiger partial charge in [-0.25, -0.2) is 0 Å². The lowest BCUT2D eigenvalue weighted by atomic mass is 9.88. The van der Waals surface area contributed by atoms with E-state index in [0.29, 0.717) is 18.3 Å². The Morgan fingerprint density at radius 2 is 1.83 bits per heavy atom. The highest BCUT2D eigenvalue weighted by Crippen LogP contribution is 2.30. The fraction of sp³-hybridized carbons (Fsp3) is 0.458. The first-order valence-corrected chi connectivity index (χ1v) is 10.8. The van der Waals surface area contributed by atoms with E-state index in [2.05, 4.69) is 56.9 Å². The lowest BCUT2D eigenvalue weighted by Crippen LogP contribution is -2.48. The molecule has 0 amide bonds. The Hall–Kier alpha value is -2.69. The number of hydrogen-bond donors (Lipinski definition) is 3. The van der Waals surface area contributed by atoms with E-state index in [1.165, 1.54) is 29.7 Å². The van der Waals surface area contributed by atoms with Gasteiger partial charge in [-0.3, -0.25) is 4.99 Å². The minimum atomic E-state index is 0.393. The number of benzene rings is 2. The van der Waals surface area contributed by atoms with E-state index in [9.17, 15) is 5.11 Å². The van der Waals surface area contributed by atoms with Crippen molar-refractivity contribution < 1.29 is 5.11 Å². The van der Waals surface area contributed by atoms with Gasteiger partial charge in [-0.1, -0.05) is 24.3 Å². The van der Waals surface area contributed by atoms with Gasteiger partial charge in [0, 0.05) is 44.0 Å². The number of aryl methyl sites for hydroxylation is 1. The summed E-state index contributed by atoms with van der Waals surface area (Å²) in [5, 5.41) is 17.4. The van der Waals surface area contributed by atoms with Crippen LogP contribution in [0.3, 0.4) is 0 Å². The second kappa shape index (κ2) is 9.21. The summed E-state index contributed by atoms with van der Waals surface area (Å²) >= 11 is 0. The Morgan fingerprint density at radius 3 is 2.59 bits per heavy atom. The van der Waals surface area contributed by atoms with Crippen molar-refractivity contribution in [3.8, 4) is 5.75 Å². The average Bonchev–Trinajstić information content (AvgIpc) is 2.78. The van der Waals surface area contributed by atoms with Gasteiger partial charge in [0.2, 0.25) is 0 Å². The van der Waals surface area contributed by atoms with Crippen LogP contribution in [0, 0.1) is 0 Å². The summed E-state index contributed by atoms with van der Waals surface area (Å²) in [4.78, 5) is 6.86. The van der Waals surface area contributed by atoms with Crippen LogP contribution in [-0.4, -0.2) is 37.2 Å². The van der Waals surface area contributed by atoms with Crippen LogP contribution in [0.1, 0.15) is 42.4 Å². The molecule has 154 valence electrons. The van der Waals surface area contributed by atoms with E-state index < -0.39 is 0 Å². The number of para-hydroxylation sites is 1. The molecule has 1 fully saturated rings. The minimum Gasteiger partial charge on any atom is -0.508 e. The highest BCUT2D eigenvalue weighted by Gasteiger charge is 2.21. The molecule has 0 aromatic heterocycles. The van der Waals surface area contributed by atoms with Gasteiger partial charge in [0.15, 0.2) is 5.96 Å². The summed E-state index contributed by atoms with van der Waals surface area (Å²) in [5.41, 5.74) is 5.05. The monoisotopic (exact) mass is 392 g/mol. The maximum absolute atomic E-state index is 10.4. The van der Waals surface area contributed by atoms with Crippen molar-refractivity contribution in [2.24, 2.45) is 4.99 Å². The number of nitrogens with one attached hydrogen (secondary N) is 2. The first kappa shape index (κ1) is 19.6. The molecular weight excluding hydrogens is 360 g/mol. The molecule has 0 saturated carbocycles. The molecule has 0 bridgehead atoms. The molecule has 2 aromatic rings. The molecule has 3 N–H and O–H groups in total. The molecule has 0 radical (unpaired) electrons. The highest BCUT2D eigenvalue weighted by molar-refractivity contribution is 5.80. The predicted octanol–water partition coefficient (Wildman–Crippen LogP) is 3.61. The fourth-order valence-corrected chi connectivity index (χ4v) is 4.57. The van der Waals surface area contributed by atoms with Crippen LogP contribution in [0.4, 0.5) is 5.69 Å². The van der Waals surface area contributed by atoms with Crippen molar-refractivity contribution in [3.05, 3.63) is 59.2 Å². The largest absolute Gasteiger partial charge is 0.508 e. The van der Waals surface area contributed by atoms with Crippen LogP contribution in [0.2, 0.25) is 0 Å². The molecular formula is C24H32N4O. The fourth-order valence-electron chi connectivity index (χ4n) is 4.57. The number of guanidine groups is 1. The first-order chi connectivity index (χ1) is 14.2. The van der Waals surface area contributed by atoms with E-state index in [0.717, 1.165) is 50.3 Å². The third-order valence-electron chi connectivity index (χ3n) is 6.24.